The molecular formula is C27H20N2. The summed E-state index contributed by atoms with van der Waals surface area (Å²) < 4.78 is 0. The Labute approximate surface area is 171 Å². The third kappa shape index (κ3) is 4.43. The van der Waals surface area contributed by atoms with Crippen molar-refractivity contribution in [2.24, 2.45) is 0 Å². The van der Waals surface area contributed by atoms with E-state index in [1.807, 2.05) is 60.7 Å². The number of nitriles is 1. The predicted octanol–water partition coefficient (Wildman–Crippen LogP) is 7.20. The van der Waals surface area contributed by atoms with Crippen LogP contribution in [0.25, 0.3) is 12.2 Å². The molecule has 0 aliphatic heterocycles. The Morgan fingerprint density at radius 2 is 0.966 bits per heavy atom. The topological polar surface area (TPSA) is 27.0 Å². The number of nitrogens with zero attached hydrogens (tertiary/aromatic N) is 2. The van der Waals surface area contributed by atoms with Crippen LogP contribution >= 0.6 is 0 Å². The highest BCUT2D eigenvalue weighted by molar-refractivity contribution is 5.78. The van der Waals surface area contributed by atoms with Crippen molar-refractivity contribution in [3.63, 3.8) is 0 Å². The van der Waals surface area contributed by atoms with Crippen LogP contribution in [-0.2, 0) is 0 Å². The SMILES string of the molecule is N#Cc1ccc(N(c2ccccc2)c2ccc(/C=C/c3ccccc3)cc2)cc1. The Bertz CT molecular complexity index is 1120. The highest BCUT2D eigenvalue weighted by Crippen LogP contribution is 2.34. The van der Waals surface area contributed by atoms with Crippen LogP contribution in [-0.4, -0.2) is 0 Å². The minimum Gasteiger partial charge on any atom is -0.311 e. The van der Waals surface area contributed by atoms with Crippen molar-refractivity contribution >= 4 is 29.2 Å². The van der Waals surface area contributed by atoms with Crippen molar-refractivity contribution in [2.45, 2.75) is 0 Å². The summed E-state index contributed by atoms with van der Waals surface area (Å²) in [6, 6.07) is 38.8. The van der Waals surface area contributed by atoms with Gasteiger partial charge in [-0.05, 0) is 59.7 Å². The number of benzene rings is 4. The third-order valence-corrected chi connectivity index (χ3v) is 4.69. The number of para-hydroxylation sites is 1. The lowest BCUT2D eigenvalue weighted by Gasteiger charge is -2.25. The van der Waals surface area contributed by atoms with Gasteiger partial charge in [-0.2, -0.15) is 5.26 Å². The summed E-state index contributed by atoms with van der Waals surface area (Å²) in [4.78, 5) is 2.19. The maximum absolute atomic E-state index is 9.09. The molecule has 0 amide bonds. The van der Waals surface area contributed by atoms with E-state index in [0.29, 0.717) is 5.56 Å². The molecule has 0 atom stereocenters. The van der Waals surface area contributed by atoms with Gasteiger partial charge in [-0.3, -0.25) is 0 Å². The normalized spacial score (nSPS) is 10.6. The molecule has 0 aliphatic rings. The third-order valence-electron chi connectivity index (χ3n) is 4.69. The Balaban J connectivity index is 1.66. The highest BCUT2D eigenvalue weighted by atomic mass is 15.1. The second-order valence-electron chi connectivity index (χ2n) is 6.67. The molecule has 0 aliphatic carbocycles. The Morgan fingerprint density at radius 3 is 1.52 bits per heavy atom. The molecule has 29 heavy (non-hydrogen) atoms. The second kappa shape index (κ2) is 8.73. The van der Waals surface area contributed by atoms with Gasteiger partial charge in [0.05, 0.1) is 11.6 Å². The molecule has 0 N–H and O–H groups in total. The summed E-state index contributed by atoms with van der Waals surface area (Å²) in [5.74, 6) is 0. The van der Waals surface area contributed by atoms with Crippen LogP contribution in [0, 0.1) is 11.3 Å². The minimum absolute atomic E-state index is 0.656. The fourth-order valence-corrected chi connectivity index (χ4v) is 3.20. The van der Waals surface area contributed by atoms with Crippen molar-refractivity contribution in [1.82, 2.24) is 0 Å². The predicted molar refractivity (Wildman–Crippen MR) is 121 cm³/mol. The van der Waals surface area contributed by atoms with Crippen molar-refractivity contribution < 1.29 is 0 Å². The molecule has 0 saturated heterocycles. The quantitative estimate of drug-likeness (QED) is 0.346. The van der Waals surface area contributed by atoms with E-state index in [-0.39, 0.29) is 0 Å². The van der Waals surface area contributed by atoms with E-state index in [1.165, 1.54) is 5.56 Å². The average molecular weight is 372 g/mol. The molecule has 0 unspecified atom stereocenters. The second-order valence-corrected chi connectivity index (χ2v) is 6.67. The maximum atomic E-state index is 9.09. The van der Waals surface area contributed by atoms with E-state index in [1.54, 1.807) is 0 Å². The Kier molecular flexibility index (Phi) is 5.50. The molecule has 2 heteroatoms. The monoisotopic (exact) mass is 372 g/mol. The zero-order valence-electron chi connectivity index (χ0n) is 15.9. The van der Waals surface area contributed by atoms with Gasteiger partial charge < -0.3 is 4.90 Å². The molecule has 0 fully saturated rings. The van der Waals surface area contributed by atoms with E-state index >= 15 is 0 Å². The molecule has 0 radical (unpaired) electrons. The first-order valence-electron chi connectivity index (χ1n) is 9.52. The molecule has 4 aromatic carbocycles. The van der Waals surface area contributed by atoms with Gasteiger partial charge in [0.25, 0.3) is 0 Å². The molecule has 138 valence electrons. The lowest BCUT2D eigenvalue weighted by molar-refractivity contribution is 1.28. The van der Waals surface area contributed by atoms with Crippen molar-refractivity contribution in [2.75, 3.05) is 4.90 Å². The van der Waals surface area contributed by atoms with Crippen LogP contribution in [0.4, 0.5) is 17.1 Å². The summed E-state index contributed by atoms with van der Waals surface area (Å²) >= 11 is 0. The lowest BCUT2D eigenvalue weighted by atomic mass is 10.1. The van der Waals surface area contributed by atoms with E-state index in [0.717, 1.165) is 22.6 Å². The fourth-order valence-electron chi connectivity index (χ4n) is 3.20. The Hall–Kier alpha value is -4.09. The average Bonchev–Trinajstić information content (AvgIpc) is 2.81. The van der Waals surface area contributed by atoms with Crippen molar-refractivity contribution in [3.05, 3.63) is 126 Å². The minimum atomic E-state index is 0.656. The number of hydrogen-bond acceptors (Lipinski definition) is 2. The van der Waals surface area contributed by atoms with Gasteiger partial charge in [-0.1, -0.05) is 72.8 Å². The summed E-state index contributed by atoms with van der Waals surface area (Å²) in [5, 5.41) is 9.09. The fraction of sp³-hybridized carbons (Fsp3) is 0. The Morgan fingerprint density at radius 1 is 0.517 bits per heavy atom. The van der Waals surface area contributed by atoms with Crippen LogP contribution in [0.2, 0.25) is 0 Å². The molecule has 0 heterocycles. The largest absolute Gasteiger partial charge is 0.311 e. The summed E-state index contributed by atoms with van der Waals surface area (Å²) in [7, 11) is 0. The molecule has 0 spiro atoms. The zero-order chi connectivity index (χ0) is 19.9. The lowest BCUT2D eigenvalue weighted by Crippen LogP contribution is -2.09. The van der Waals surface area contributed by atoms with E-state index < -0.39 is 0 Å². The molecule has 0 bridgehead atoms. The first-order chi connectivity index (χ1) is 14.3. The van der Waals surface area contributed by atoms with Gasteiger partial charge in [-0.15, -0.1) is 0 Å². The first-order valence-corrected chi connectivity index (χ1v) is 9.52. The molecular weight excluding hydrogens is 352 g/mol. The number of rotatable bonds is 5. The molecule has 4 aromatic rings. The molecule has 2 nitrogen and oxygen atoms in total. The van der Waals surface area contributed by atoms with Crippen LogP contribution < -0.4 is 4.90 Å². The van der Waals surface area contributed by atoms with Gasteiger partial charge >= 0.3 is 0 Å². The van der Waals surface area contributed by atoms with Crippen LogP contribution in [0.3, 0.4) is 0 Å². The maximum Gasteiger partial charge on any atom is 0.0991 e. The van der Waals surface area contributed by atoms with Gasteiger partial charge in [0.1, 0.15) is 0 Å². The molecule has 0 saturated carbocycles. The summed E-state index contributed by atoms with van der Waals surface area (Å²) in [6.07, 6.45) is 4.23. The van der Waals surface area contributed by atoms with Gasteiger partial charge in [0, 0.05) is 17.1 Å². The van der Waals surface area contributed by atoms with Crippen LogP contribution in [0.15, 0.2) is 109 Å². The van der Waals surface area contributed by atoms with Gasteiger partial charge in [0.2, 0.25) is 0 Å². The highest BCUT2D eigenvalue weighted by Gasteiger charge is 2.11. The molecule has 0 aromatic heterocycles. The van der Waals surface area contributed by atoms with Crippen molar-refractivity contribution in [3.8, 4) is 6.07 Å². The molecule has 4 rings (SSSR count). The number of anilines is 3. The summed E-state index contributed by atoms with van der Waals surface area (Å²) in [6.45, 7) is 0. The van der Waals surface area contributed by atoms with E-state index in [4.69, 9.17) is 5.26 Å². The first kappa shape index (κ1) is 18.3. The number of hydrogen-bond donors (Lipinski definition) is 0. The standard InChI is InChI=1S/C27H20N2/c28-21-24-15-19-27(20-16-24)29(25-9-5-2-6-10-25)26-17-13-23(14-18-26)12-11-22-7-3-1-4-8-22/h1-20H/b12-11+. The zero-order valence-corrected chi connectivity index (χ0v) is 15.9. The summed E-state index contributed by atoms with van der Waals surface area (Å²) in [5.41, 5.74) is 6.14. The van der Waals surface area contributed by atoms with Crippen molar-refractivity contribution in [1.29, 1.82) is 5.26 Å². The van der Waals surface area contributed by atoms with E-state index in [2.05, 4.69) is 71.7 Å². The van der Waals surface area contributed by atoms with Crippen LogP contribution in [0.5, 0.6) is 0 Å². The van der Waals surface area contributed by atoms with Crippen LogP contribution in [0.1, 0.15) is 16.7 Å². The van der Waals surface area contributed by atoms with E-state index in [9.17, 15) is 0 Å². The van der Waals surface area contributed by atoms with Gasteiger partial charge in [-0.25, -0.2) is 0 Å². The van der Waals surface area contributed by atoms with Gasteiger partial charge in [0.15, 0.2) is 0 Å². The smallest absolute Gasteiger partial charge is 0.0991 e.